The molecule has 0 bridgehead atoms. The fourth-order valence-electron chi connectivity index (χ4n) is 3.74. The molecule has 5 nitrogen and oxygen atoms in total. The van der Waals surface area contributed by atoms with Gasteiger partial charge in [0.1, 0.15) is 0 Å². The first-order valence-electron chi connectivity index (χ1n) is 9.97. The van der Waals surface area contributed by atoms with Crippen LogP contribution in [-0.2, 0) is 6.42 Å². The van der Waals surface area contributed by atoms with Crippen LogP contribution in [0.4, 0.5) is 10.5 Å². The minimum absolute atomic E-state index is 0.0767. The Kier molecular flexibility index (Phi) is 5.87. The van der Waals surface area contributed by atoms with E-state index in [1.807, 2.05) is 34.9 Å². The summed E-state index contributed by atoms with van der Waals surface area (Å²) in [6, 6.07) is 10.1. The maximum Gasteiger partial charge on any atom is 0.321 e. The van der Waals surface area contributed by atoms with Crippen molar-refractivity contribution in [3.05, 3.63) is 51.7 Å². The van der Waals surface area contributed by atoms with Gasteiger partial charge in [-0.05, 0) is 48.4 Å². The van der Waals surface area contributed by atoms with Crippen LogP contribution in [0.25, 0.3) is 9.40 Å². The zero-order valence-corrected chi connectivity index (χ0v) is 18.4. The van der Waals surface area contributed by atoms with Crippen LogP contribution in [-0.4, -0.2) is 47.9 Å². The van der Waals surface area contributed by atoms with Crippen LogP contribution >= 0.6 is 22.7 Å². The number of para-hydroxylation sites is 1. The Balaban J connectivity index is 1.41. The van der Waals surface area contributed by atoms with Crippen molar-refractivity contribution in [2.75, 3.05) is 31.5 Å². The number of hydrogen-bond acceptors (Lipinski definition) is 4. The molecule has 152 valence electrons. The Morgan fingerprint density at radius 2 is 1.86 bits per heavy atom. The summed E-state index contributed by atoms with van der Waals surface area (Å²) >= 11 is 3.22. The number of hydrogen-bond donors (Lipinski definition) is 1. The minimum Gasteiger partial charge on any atom is -0.336 e. The second-order valence-corrected chi connectivity index (χ2v) is 9.32. The number of anilines is 1. The number of nitrogens with one attached hydrogen (secondary N) is 1. The van der Waals surface area contributed by atoms with Gasteiger partial charge in [-0.25, -0.2) is 4.79 Å². The number of urea groups is 1. The van der Waals surface area contributed by atoms with Gasteiger partial charge in [0.25, 0.3) is 5.91 Å². The van der Waals surface area contributed by atoms with Gasteiger partial charge >= 0.3 is 6.03 Å². The summed E-state index contributed by atoms with van der Waals surface area (Å²) in [5.74, 6) is 0.0767. The molecule has 0 spiro atoms. The summed E-state index contributed by atoms with van der Waals surface area (Å²) in [6.45, 7) is 6.55. The first-order valence-corrected chi connectivity index (χ1v) is 11.7. The van der Waals surface area contributed by atoms with Crippen molar-refractivity contribution >= 4 is 49.7 Å². The second kappa shape index (κ2) is 8.55. The Morgan fingerprint density at radius 3 is 2.66 bits per heavy atom. The molecule has 1 aromatic carbocycles. The molecule has 3 aromatic rings. The lowest BCUT2D eigenvalue weighted by Gasteiger charge is -2.23. The number of carbonyl (C=O) groups excluding carboxylic acids is 2. The van der Waals surface area contributed by atoms with Crippen LogP contribution in [0, 0.1) is 6.92 Å². The molecule has 0 radical (unpaired) electrons. The molecule has 29 heavy (non-hydrogen) atoms. The number of benzene rings is 1. The molecule has 1 saturated heterocycles. The van der Waals surface area contributed by atoms with E-state index in [0.29, 0.717) is 26.2 Å². The van der Waals surface area contributed by atoms with Crippen molar-refractivity contribution < 1.29 is 9.59 Å². The fraction of sp³-hybridized carbons (Fsp3) is 0.364. The van der Waals surface area contributed by atoms with Gasteiger partial charge in [-0.1, -0.05) is 25.1 Å². The van der Waals surface area contributed by atoms with E-state index in [4.69, 9.17) is 0 Å². The highest BCUT2D eigenvalue weighted by atomic mass is 32.1. The lowest BCUT2D eigenvalue weighted by molar-refractivity contribution is 0.0767. The number of rotatable bonds is 3. The van der Waals surface area contributed by atoms with Crippen LogP contribution in [0.3, 0.4) is 0 Å². The molecule has 0 aliphatic carbocycles. The normalized spacial score (nSPS) is 14.8. The number of carbonyl (C=O) groups is 2. The summed E-state index contributed by atoms with van der Waals surface area (Å²) in [4.78, 5) is 30.3. The van der Waals surface area contributed by atoms with Gasteiger partial charge in [0.2, 0.25) is 0 Å². The Bertz CT molecular complexity index is 1010. The van der Waals surface area contributed by atoms with Crippen LogP contribution in [0.15, 0.2) is 35.7 Å². The zero-order chi connectivity index (χ0) is 20.4. The van der Waals surface area contributed by atoms with Crippen LogP contribution in [0.1, 0.15) is 34.1 Å². The Labute approximate surface area is 178 Å². The minimum atomic E-state index is -0.0834. The largest absolute Gasteiger partial charge is 0.336 e. The highest BCUT2D eigenvalue weighted by Crippen LogP contribution is 2.31. The topological polar surface area (TPSA) is 52.7 Å². The first kappa shape index (κ1) is 19.9. The number of fused-ring (bicyclic) bond motifs is 1. The molecule has 4 rings (SSSR count). The van der Waals surface area contributed by atoms with Crippen molar-refractivity contribution in [3.63, 3.8) is 0 Å². The van der Waals surface area contributed by atoms with E-state index in [9.17, 15) is 9.59 Å². The van der Waals surface area contributed by atoms with Gasteiger partial charge in [0, 0.05) is 41.3 Å². The van der Waals surface area contributed by atoms with E-state index in [0.717, 1.165) is 34.5 Å². The predicted octanol–water partition coefficient (Wildman–Crippen LogP) is 5.21. The molecule has 0 unspecified atom stereocenters. The van der Waals surface area contributed by atoms with Gasteiger partial charge in [0.05, 0.1) is 4.88 Å². The van der Waals surface area contributed by atoms with Crippen molar-refractivity contribution in [2.24, 2.45) is 0 Å². The SMILES string of the molecule is CCc1cccc(C)c1NC(=O)N1CCCN(C(=O)c2cc3sccc3s2)CC1. The number of nitrogens with zero attached hydrogens (tertiary/aromatic N) is 2. The van der Waals surface area contributed by atoms with Gasteiger partial charge in [-0.3, -0.25) is 4.79 Å². The third-order valence-electron chi connectivity index (χ3n) is 5.39. The molecule has 0 saturated carbocycles. The van der Waals surface area contributed by atoms with E-state index in [2.05, 4.69) is 29.8 Å². The highest BCUT2D eigenvalue weighted by Gasteiger charge is 2.24. The Morgan fingerprint density at radius 1 is 1.07 bits per heavy atom. The smallest absolute Gasteiger partial charge is 0.321 e. The third kappa shape index (κ3) is 4.16. The van der Waals surface area contributed by atoms with Gasteiger partial charge in [-0.2, -0.15) is 0 Å². The van der Waals surface area contributed by atoms with E-state index in [1.165, 1.54) is 9.40 Å². The molecule has 3 amide bonds. The first-order chi connectivity index (χ1) is 14.1. The van der Waals surface area contributed by atoms with E-state index >= 15 is 0 Å². The molecule has 7 heteroatoms. The summed E-state index contributed by atoms with van der Waals surface area (Å²) in [5.41, 5.74) is 3.13. The predicted molar refractivity (Wildman–Crippen MR) is 121 cm³/mol. The molecule has 2 aromatic heterocycles. The molecular weight excluding hydrogens is 402 g/mol. The Hall–Kier alpha value is -2.38. The van der Waals surface area contributed by atoms with Crippen molar-refractivity contribution in [2.45, 2.75) is 26.7 Å². The molecule has 0 atom stereocenters. The second-order valence-electron chi connectivity index (χ2n) is 7.29. The van der Waals surface area contributed by atoms with Gasteiger partial charge in [-0.15, -0.1) is 22.7 Å². The molecule has 3 heterocycles. The fourth-order valence-corrected chi connectivity index (χ4v) is 5.82. The third-order valence-corrected chi connectivity index (χ3v) is 7.47. The van der Waals surface area contributed by atoms with E-state index in [1.54, 1.807) is 22.7 Å². The number of amides is 3. The van der Waals surface area contributed by atoms with Crippen LogP contribution in [0.5, 0.6) is 0 Å². The summed E-state index contributed by atoms with van der Waals surface area (Å²) in [6.07, 6.45) is 1.66. The molecule has 1 aliphatic heterocycles. The average Bonchev–Trinajstić information content (AvgIpc) is 3.23. The molecule has 1 fully saturated rings. The van der Waals surface area contributed by atoms with Crippen molar-refractivity contribution in [1.29, 1.82) is 0 Å². The number of thiophene rings is 2. The van der Waals surface area contributed by atoms with Crippen LogP contribution in [0.2, 0.25) is 0 Å². The molecule has 1 aliphatic rings. The van der Waals surface area contributed by atoms with Crippen molar-refractivity contribution in [1.82, 2.24) is 9.80 Å². The summed E-state index contributed by atoms with van der Waals surface area (Å²) < 4.78 is 2.33. The van der Waals surface area contributed by atoms with E-state index < -0.39 is 0 Å². The average molecular weight is 428 g/mol. The maximum atomic E-state index is 12.9. The highest BCUT2D eigenvalue weighted by molar-refractivity contribution is 7.27. The standard InChI is InChI=1S/C22H25N3O2S2/c1-3-16-7-4-6-15(2)20(16)23-22(27)25-10-5-9-24(11-12-25)21(26)19-14-18-17(29-19)8-13-28-18/h4,6-8,13-14H,3,5,9-12H2,1-2H3,(H,23,27). The van der Waals surface area contributed by atoms with Gasteiger partial charge < -0.3 is 15.1 Å². The number of aryl methyl sites for hydroxylation is 2. The summed E-state index contributed by atoms with van der Waals surface area (Å²) in [7, 11) is 0. The van der Waals surface area contributed by atoms with Crippen LogP contribution < -0.4 is 5.32 Å². The van der Waals surface area contributed by atoms with E-state index in [-0.39, 0.29) is 11.9 Å². The monoisotopic (exact) mass is 427 g/mol. The maximum absolute atomic E-state index is 12.9. The van der Waals surface area contributed by atoms with Gasteiger partial charge in [0.15, 0.2) is 0 Å². The van der Waals surface area contributed by atoms with Crippen molar-refractivity contribution in [3.8, 4) is 0 Å². The lowest BCUT2D eigenvalue weighted by atomic mass is 10.1. The lowest BCUT2D eigenvalue weighted by Crippen LogP contribution is -2.39. The molecule has 1 N–H and O–H groups in total. The zero-order valence-electron chi connectivity index (χ0n) is 16.7. The quantitative estimate of drug-likeness (QED) is 0.623. The molecular formula is C22H25N3O2S2. The summed E-state index contributed by atoms with van der Waals surface area (Å²) in [5, 5.41) is 5.16.